The van der Waals surface area contributed by atoms with Crippen LogP contribution < -0.4 is 0 Å². The number of hydrogen-bond acceptors (Lipinski definition) is 3. The smallest absolute Gasteiger partial charge is 0.277 e. The minimum absolute atomic E-state index is 0.154. The molecule has 0 bridgehead atoms. The highest BCUT2D eigenvalue weighted by Crippen LogP contribution is 2.17. The Morgan fingerprint density at radius 2 is 1.58 bits per heavy atom. The second kappa shape index (κ2) is 10.7. The zero-order valence-electron chi connectivity index (χ0n) is 15.4. The van der Waals surface area contributed by atoms with Crippen LogP contribution >= 0.6 is 11.8 Å². The maximum atomic E-state index is 12.9. The molecular formula is C22H25NO2S. The molecule has 0 aromatic heterocycles. The molecule has 0 saturated carbocycles. The minimum atomic E-state index is -0.356. The fourth-order valence-corrected chi connectivity index (χ4v) is 3.02. The van der Waals surface area contributed by atoms with Gasteiger partial charge in [-0.15, -0.1) is 11.8 Å². The summed E-state index contributed by atoms with van der Waals surface area (Å²) in [6.45, 7) is 2.15. The standard InChI is InChI=1S/C22H25NO2S/c1-3-4-5-9-12-20(23-22(25)18-10-7-6-8-11-18)21(24)17-13-15-19(26-2)16-14-17/h6-8,10-11,13-16H,3-5,9,12H2,1-2H3/b23-20+. The number of thioether (sulfide) groups is 1. The number of aliphatic imine (C=N–C) groups is 1. The molecule has 136 valence electrons. The summed E-state index contributed by atoms with van der Waals surface area (Å²) < 4.78 is 0. The van der Waals surface area contributed by atoms with Gasteiger partial charge in [0.1, 0.15) is 0 Å². The van der Waals surface area contributed by atoms with Gasteiger partial charge in [0.15, 0.2) is 0 Å². The monoisotopic (exact) mass is 367 g/mol. The second-order valence-corrected chi connectivity index (χ2v) is 6.98. The third kappa shape index (κ3) is 5.95. The van der Waals surface area contributed by atoms with Gasteiger partial charge in [0, 0.05) is 16.0 Å². The SMILES string of the molecule is CCCCCC/C(=N\C(=O)c1ccccc1)C(=O)c1ccc(SC)cc1. The third-order valence-corrected chi connectivity index (χ3v) is 4.88. The number of unbranched alkanes of at least 4 members (excludes halogenated alkanes) is 3. The predicted octanol–water partition coefficient (Wildman–Crippen LogP) is 5.84. The highest BCUT2D eigenvalue weighted by atomic mass is 32.2. The number of benzene rings is 2. The first-order chi connectivity index (χ1) is 12.7. The number of ketones is 1. The van der Waals surface area contributed by atoms with Crippen LogP contribution in [0.2, 0.25) is 0 Å². The van der Waals surface area contributed by atoms with Gasteiger partial charge in [-0.25, -0.2) is 4.99 Å². The van der Waals surface area contributed by atoms with Crippen molar-refractivity contribution in [2.24, 2.45) is 4.99 Å². The molecule has 0 spiro atoms. The molecule has 0 heterocycles. The summed E-state index contributed by atoms with van der Waals surface area (Å²) in [5, 5.41) is 0. The van der Waals surface area contributed by atoms with Crippen LogP contribution in [0.1, 0.15) is 59.7 Å². The summed E-state index contributed by atoms with van der Waals surface area (Å²) in [4.78, 5) is 30.6. The molecule has 0 fully saturated rings. The molecule has 0 N–H and O–H groups in total. The lowest BCUT2D eigenvalue weighted by Crippen LogP contribution is -2.17. The maximum Gasteiger partial charge on any atom is 0.277 e. The zero-order valence-corrected chi connectivity index (χ0v) is 16.2. The van der Waals surface area contributed by atoms with Gasteiger partial charge in [0.2, 0.25) is 5.78 Å². The molecule has 0 aliphatic rings. The summed E-state index contributed by atoms with van der Waals surface area (Å²) in [6, 6.07) is 16.4. The van der Waals surface area contributed by atoms with Crippen LogP contribution in [0.25, 0.3) is 0 Å². The first-order valence-corrected chi connectivity index (χ1v) is 10.2. The molecule has 1 amide bonds. The van der Waals surface area contributed by atoms with Gasteiger partial charge in [-0.1, -0.05) is 44.4 Å². The predicted molar refractivity (Wildman–Crippen MR) is 110 cm³/mol. The molecule has 2 aromatic rings. The van der Waals surface area contributed by atoms with E-state index >= 15 is 0 Å². The van der Waals surface area contributed by atoms with Gasteiger partial charge < -0.3 is 0 Å². The Bertz CT molecular complexity index is 751. The van der Waals surface area contributed by atoms with Crippen molar-refractivity contribution in [3.8, 4) is 0 Å². The normalized spacial score (nSPS) is 11.4. The van der Waals surface area contributed by atoms with E-state index in [0.29, 0.717) is 23.3 Å². The highest BCUT2D eigenvalue weighted by Gasteiger charge is 2.16. The second-order valence-electron chi connectivity index (χ2n) is 6.10. The van der Waals surface area contributed by atoms with E-state index in [2.05, 4.69) is 11.9 Å². The zero-order chi connectivity index (χ0) is 18.8. The number of rotatable bonds is 9. The van der Waals surface area contributed by atoms with Crippen molar-refractivity contribution in [1.82, 2.24) is 0 Å². The summed E-state index contributed by atoms with van der Waals surface area (Å²) in [6.07, 6.45) is 6.67. The van der Waals surface area contributed by atoms with E-state index in [0.717, 1.165) is 30.6 Å². The lowest BCUT2D eigenvalue weighted by atomic mass is 10.0. The molecular weight excluding hydrogens is 342 g/mol. The van der Waals surface area contributed by atoms with E-state index in [1.807, 2.05) is 36.6 Å². The van der Waals surface area contributed by atoms with Crippen molar-refractivity contribution in [2.45, 2.75) is 43.9 Å². The van der Waals surface area contributed by atoms with Crippen LogP contribution in [-0.2, 0) is 0 Å². The molecule has 4 heteroatoms. The Labute approximate surface area is 159 Å². The Morgan fingerprint density at radius 3 is 2.19 bits per heavy atom. The summed E-state index contributed by atoms with van der Waals surface area (Å²) in [7, 11) is 0. The first kappa shape index (κ1) is 20.1. The van der Waals surface area contributed by atoms with Crippen molar-refractivity contribution in [1.29, 1.82) is 0 Å². The third-order valence-electron chi connectivity index (χ3n) is 4.14. The fourth-order valence-electron chi connectivity index (χ4n) is 2.62. The van der Waals surface area contributed by atoms with Gasteiger partial charge in [-0.3, -0.25) is 9.59 Å². The average molecular weight is 368 g/mol. The number of nitrogens with zero attached hydrogens (tertiary/aromatic N) is 1. The molecule has 0 radical (unpaired) electrons. The number of carbonyl (C=O) groups is 2. The van der Waals surface area contributed by atoms with Crippen molar-refractivity contribution < 1.29 is 9.59 Å². The van der Waals surface area contributed by atoms with E-state index in [1.165, 1.54) is 0 Å². The molecule has 0 aliphatic carbocycles. The van der Waals surface area contributed by atoms with Crippen LogP contribution in [0.15, 0.2) is 64.5 Å². The van der Waals surface area contributed by atoms with E-state index < -0.39 is 0 Å². The Balaban J connectivity index is 2.22. The van der Waals surface area contributed by atoms with E-state index in [4.69, 9.17) is 0 Å². The van der Waals surface area contributed by atoms with Crippen LogP contribution in [0.4, 0.5) is 0 Å². The molecule has 0 saturated heterocycles. The van der Waals surface area contributed by atoms with Crippen molar-refractivity contribution in [3.05, 3.63) is 65.7 Å². The molecule has 2 rings (SSSR count). The molecule has 0 atom stereocenters. The Hall–Kier alpha value is -2.20. The first-order valence-electron chi connectivity index (χ1n) is 9.01. The largest absolute Gasteiger partial charge is 0.287 e. The van der Waals surface area contributed by atoms with Crippen molar-refractivity contribution in [3.63, 3.8) is 0 Å². The summed E-state index contributed by atoms with van der Waals surface area (Å²) in [5.74, 6) is -0.511. The molecule has 0 unspecified atom stereocenters. The Kier molecular flexibility index (Phi) is 8.29. The lowest BCUT2D eigenvalue weighted by molar-refractivity contribution is 0.0991. The van der Waals surface area contributed by atoms with E-state index in [9.17, 15) is 9.59 Å². The van der Waals surface area contributed by atoms with E-state index in [-0.39, 0.29) is 11.7 Å². The maximum absolute atomic E-state index is 12.9. The Morgan fingerprint density at radius 1 is 0.885 bits per heavy atom. The van der Waals surface area contributed by atoms with E-state index in [1.54, 1.807) is 36.0 Å². The van der Waals surface area contributed by atoms with Crippen molar-refractivity contribution >= 4 is 29.2 Å². The van der Waals surface area contributed by atoms with Gasteiger partial charge >= 0.3 is 0 Å². The molecule has 0 aliphatic heterocycles. The van der Waals surface area contributed by atoms with Crippen LogP contribution in [-0.4, -0.2) is 23.7 Å². The average Bonchev–Trinajstić information content (AvgIpc) is 2.70. The van der Waals surface area contributed by atoms with Crippen LogP contribution in [0, 0.1) is 0 Å². The topological polar surface area (TPSA) is 46.5 Å². The minimum Gasteiger partial charge on any atom is -0.287 e. The number of hydrogen-bond donors (Lipinski definition) is 0. The van der Waals surface area contributed by atoms with Gasteiger partial charge in [0.25, 0.3) is 5.91 Å². The van der Waals surface area contributed by atoms with Crippen LogP contribution in [0.3, 0.4) is 0 Å². The molecule has 3 nitrogen and oxygen atoms in total. The molecule has 26 heavy (non-hydrogen) atoms. The summed E-state index contributed by atoms with van der Waals surface area (Å²) >= 11 is 1.63. The highest BCUT2D eigenvalue weighted by molar-refractivity contribution is 7.98. The molecule has 2 aromatic carbocycles. The number of Topliss-reactive ketones (excluding diaryl/α,β-unsaturated/α-hetero) is 1. The van der Waals surface area contributed by atoms with Gasteiger partial charge in [-0.2, -0.15) is 0 Å². The van der Waals surface area contributed by atoms with Gasteiger partial charge in [-0.05, 0) is 55.5 Å². The fraction of sp³-hybridized carbons (Fsp3) is 0.318. The summed E-state index contributed by atoms with van der Waals surface area (Å²) in [5.41, 5.74) is 1.44. The van der Waals surface area contributed by atoms with Crippen LogP contribution in [0.5, 0.6) is 0 Å². The van der Waals surface area contributed by atoms with Gasteiger partial charge in [0.05, 0.1) is 5.71 Å². The number of carbonyl (C=O) groups excluding carboxylic acids is 2. The number of amides is 1. The lowest BCUT2D eigenvalue weighted by Gasteiger charge is -2.07. The van der Waals surface area contributed by atoms with Crippen molar-refractivity contribution in [2.75, 3.05) is 6.26 Å². The quantitative estimate of drug-likeness (QED) is 0.242.